The fourth-order valence-corrected chi connectivity index (χ4v) is 3.16. The van der Waals surface area contributed by atoms with E-state index in [0.29, 0.717) is 0 Å². The van der Waals surface area contributed by atoms with E-state index in [-0.39, 0.29) is 0 Å². The Balaban J connectivity index is 2.13. The van der Waals surface area contributed by atoms with Crippen LogP contribution in [0.4, 0.5) is 0 Å². The van der Waals surface area contributed by atoms with Gasteiger partial charge in [-0.25, -0.2) is 4.98 Å². The number of aromatic nitrogens is 1. The van der Waals surface area contributed by atoms with Crippen molar-refractivity contribution in [2.24, 2.45) is 0 Å². The van der Waals surface area contributed by atoms with Crippen LogP contribution in [-0.4, -0.2) is 4.98 Å². The third kappa shape index (κ3) is 2.20. The van der Waals surface area contributed by atoms with Gasteiger partial charge in [-0.2, -0.15) is 0 Å². The molecule has 0 saturated carbocycles. The normalized spacial score (nSPS) is 11.2. The standard InChI is InChI=1S/C20H14BrN/c1-13-6-11-19-18(12-13)16-4-2-3-5-17(16)20(22-19)14-7-9-15(21)10-8-14/h2-12H,1H3. The van der Waals surface area contributed by atoms with Gasteiger partial charge in [0.1, 0.15) is 0 Å². The van der Waals surface area contributed by atoms with Crippen LogP contribution in [0.15, 0.2) is 71.2 Å². The quantitative estimate of drug-likeness (QED) is 0.377. The Kier molecular flexibility index (Phi) is 3.20. The first-order valence-corrected chi connectivity index (χ1v) is 8.07. The highest BCUT2D eigenvalue weighted by Gasteiger charge is 2.10. The molecular weight excluding hydrogens is 334 g/mol. The van der Waals surface area contributed by atoms with Crippen LogP contribution in [0.5, 0.6) is 0 Å². The summed E-state index contributed by atoms with van der Waals surface area (Å²) in [5, 5.41) is 3.67. The van der Waals surface area contributed by atoms with Crippen molar-refractivity contribution in [3.05, 3.63) is 76.8 Å². The van der Waals surface area contributed by atoms with E-state index in [1.165, 1.54) is 21.7 Å². The summed E-state index contributed by atoms with van der Waals surface area (Å²) < 4.78 is 1.08. The third-order valence-corrected chi connectivity index (χ3v) is 4.50. The number of halogens is 1. The molecular formula is C20H14BrN. The van der Waals surface area contributed by atoms with E-state index < -0.39 is 0 Å². The summed E-state index contributed by atoms with van der Waals surface area (Å²) in [5.74, 6) is 0. The van der Waals surface area contributed by atoms with Gasteiger partial charge in [-0.1, -0.05) is 64.0 Å². The summed E-state index contributed by atoms with van der Waals surface area (Å²) in [7, 11) is 0. The van der Waals surface area contributed by atoms with Gasteiger partial charge in [0, 0.05) is 20.8 Å². The van der Waals surface area contributed by atoms with Crippen LogP contribution in [0.2, 0.25) is 0 Å². The second kappa shape index (κ2) is 5.22. The fraction of sp³-hybridized carbons (Fsp3) is 0.0500. The minimum absolute atomic E-state index is 1.04. The minimum atomic E-state index is 1.04. The number of fused-ring (bicyclic) bond motifs is 3. The summed E-state index contributed by atoms with van der Waals surface area (Å²) in [6, 6.07) is 23.3. The number of benzene rings is 3. The van der Waals surface area contributed by atoms with Crippen LogP contribution in [0.3, 0.4) is 0 Å². The molecule has 4 aromatic rings. The van der Waals surface area contributed by atoms with Gasteiger partial charge in [-0.15, -0.1) is 0 Å². The van der Waals surface area contributed by atoms with Crippen molar-refractivity contribution >= 4 is 37.6 Å². The van der Waals surface area contributed by atoms with Gasteiger partial charge in [0.15, 0.2) is 0 Å². The summed E-state index contributed by atoms with van der Waals surface area (Å²) in [6.45, 7) is 2.12. The Morgan fingerprint density at radius 3 is 2.27 bits per heavy atom. The average Bonchev–Trinajstić information content (AvgIpc) is 2.55. The van der Waals surface area contributed by atoms with Gasteiger partial charge in [0.25, 0.3) is 0 Å². The second-order valence-corrected chi connectivity index (χ2v) is 6.45. The first kappa shape index (κ1) is 13.5. The topological polar surface area (TPSA) is 12.9 Å². The van der Waals surface area contributed by atoms with Gasteiger partial charge < -0.3 is 0 Å². The van der Waals surface area contributed by atoms with E-state index in [1.54, 1.807) is 0 Å². The lowest BCUT2D eigenvalue weighted by Gasteiger charge is -2.10. The average molecular weight is 348 g/mol. The number of pyridine rings is 1. The molecule has 0 aliphatic carbocycles. The molecule has 0 N–H and O–H groups in total. The van der Waals surface area contributed by atoms with Crippen molar-refractivity contribution < 1.29 is 0 Å². The van der Waals surface area contributed by atoms with Gasteiger partial charge >= 0.3 is 0 Å². The van der Waals surface area contributed by atoms with Crippen molar-refractivity contribution in [2.45, 2.75) is 6.92 Å². The van der Waals surface area contributed by atoms with Gasteiger partial charge in [0.05, 0.1) is 11.2 Å². The van der Waals surface area contributed by atoms with Crippen molar-refractivity contribution in [1.82, 2.24) is 4.98 Å². The van der Waals surface area contributed by atoms with E-state index in [2.05, 4.69) is 89.6 Å². The Labute approximate surface area is 137 Å². The number of aryl methyl sites for hydroxylation is 1. The van der Waals surface area contributed by atoms with Gasteiger partial charge in [0.2, 0.25) is 0 Å². The fourth-order valence-electron chi connectivity index (χ4n) is 2.90. The maximum absolute atomic E-state index is 4.93. The van der Waals surface area contributed by atoms with Crippen molar-refractivity contribution in [3.63, 3.8) is 0 Å². The summed E-state index contributed by atoms with van der Waals surface area (Å²) >= 11 is 3.50. The molecule has 106 valence electrons. The molecule has 1 heterocycles. The predicted octanol–water partition coefficient (Wildman–Crippen LogP) is 6.13. The highest BCUT2D eigenvalue weighted by atomic mass is 79.9. The van der Waals surface area contributed by atoms with E-state index in [4.69, 9.17) is 4.98 Å². The first-order valence-electron chi connectivity index (χ1n) is 7.27. The van der Waals surface area contributed by atoms with E-state index >= 15 is 0 Å². The highest BCUT2D eigenvalue weighted by molar-refractivity contribution is 9.10. The van der Waals surface area contributed by atoms with Crippen LogP contribution in [-0.2, 0) is 0 Å². The SMILES string of the molecule is Cc1ccc2nc(-c3ccc(Br)cc3)c3ccccc3c2c1. The molecule has 0 saturated heterocycles. The minimum Gasteiger partial charge on any atom is -0.247 e. The number of hydrogen-bond acceptors (Lipinski definition) is 1. The molecule has 2 heteroatoms. The van der Waals surface area contributed by atoms with Crippen molar-refractivity contribution in [2.75, 3.05) is 0 Å². The van der Waals surface area contributed by atoms with Gasteiger partial charge in [-0.3, -0.25) is 0 Å². The molecule has 4 rings (SSSR count). The second-order valence-electron chi connectivity index (χ2n) is 5.53. The molecule has 0 fully saturated rings. The zero-order chi connectivity index (χ0) is 15.1. The Morgan fingerprint density at radius 2 is 1.50 bits per heavy atom. The van der Waals surface area contributed by atoms with E-state index in [9.17, 15) is 0 Å². The number of nitrogens with zero attached hydrogens (tertiary/aromatic N) is 1. The summed E-state index contributed by atoms with van der Waals surface area (Å²) in [6.07, 6.45) is 0. The zero-order valence-electron chi connectivity index (χ0n) is 12.2. The Hall–Kier alpha value is -2.19. The molecule has 0 radical (unpaired) electrons. The molecule has 0 bridgehead atoms. The molecule has 0 aliphatic heterocycles. The molecule has 0 spiro atoms. The zero-order valence-corrected chi connectivity index (χ0v) is 13.8. The van der Waals surface area contributed by atoms with Crippen LogP contribution in [0.25, 0.3) is 32.9 Å². The van der Waals surface area contributed by atoms with E-state index in [1.807, 2.05) is 0 Å². The Morgan fingerprint density at radius 1 is 0.773 bits per heavy atom. The highest BCUT2D eigenvalue weighted by Crippen LogP contribution is 2.33. The van der Waals surface area contributed by atoms with E-state index in [0.717, 1.165) is 21.2 Å². The van der Waals surface area contributed by atoms with Gasteiger partial charge in [-0.05, 0) is 36.6 Å². The molecule has 3 aromatic carbocycles. The lowest BCUT2D eigenvalue weighted by atomic mass is 9.99. The first-order chi connectivity index (χ1) is 10.7. The van der Waals surface area contributed by atoms with Crippen LogP contribution in [0, 0.1) is 6.92 Å². The molecule has 22 heavy (non-hydrogen) atoms. The molecule has 1 aromatic heterocycles. The summed E-state index contributed by atoms with van der Waals surface area (Å²) in [5.41, 5.74) is 4.49. The number of hydrogen-bond donors (Lipinski definition) is 0. The Bertz CT molecular complexity index is 988. The summed E-state index contributed by atoms with van der Waals surface area (Å²) in [4.78, 5) is 4.93. The van der Waals surface area contributed by atoms with Crippen LogP contribution < -0.4 is 0 Å². The molecule has 0 aliphatic rings. The lowest BCUT2D eigenvalue weighted by Crippen LogP contribution is -1.90. The molecule has 0 atom stereocenters. The molecule has 0 amide bonds. The molecule has 0 unspecified atom stereocenters. The lowest BCUT2D eigenvalue weighted by molar-refractivity contribution is 1.41. The maximum atomic E-state index is 4.93. The van der Waals surface area contributed by atoms with Crippen molar-refractivity contribution in [3.8, 4) is 11.3 Å². The monoisotopic (exact) mass is 347 g/mol. The van der Waals surface area contributed by atoms with Crippen LogP contribution in [0.1, 0.15) is 5.56 Å². The predicted molar refractivity (Wildman–Crippen MR) is 97.1 cm³/mol. The number of rotatable bonds is 1. The van der Waals surface area contributed by atoms with Crippen molar-refractivity contribution in [1.29, 1.82) is 0 Å². The third-order valence-electron chi connectivity index (χ3n) is 3.97. The smallest absolute Gasteiger partial charge is 0.0788 e. The molecule has 1 nitrogen and oxygen atoms in total. The maximum Gasteiger partial charge on any atom is 0.0788 e. The largest absolute Gasteiger partial charge is 0.247 e. The van der Waals surface area contributed by atoms with Crippen LogP contribution >= 0.6 is 15.9 Å².